The number of nitro benzene ring substituents is 1. The molecule has 2 N–H and O–H groups in total. The predicted molar refractivity (Wildman–Crippen MR) is 125 cm³/mol. The molecular weight excluding hydrogens is 448 g/mol. The van der Waals surface area contributed by atoms with E-state index in [2.05, 4.69) is 10.6 Å². The number of rotatable bonds is 8. The summed E-state index contributed by atoms with van der Waals surface area (Å²) in [7, 11) is -2.21. The number of anilines is 2. The third-order valence-electron chi connectivity index (χ3n) is 5.50. The average Bonchev–Trinajstić information content (AvgIpc) is 3.09. The minimum Gasteiger partial charge on any atom is -0.495 e. The molecule has 1 saturated heterocycles. The number of nitro groups is 1. The molecule has 2 aromatic carbocycles. The van der Waals surface area contributed by atoms with E-state index in [1.165, 1.54) is 29.6 Å². The van der Waals surface area contributed by atoms with Gasteiger partial charge in [0.25, 0.3) is 5.69 Å². The second kappa shape index (κ2) is 10.6. The number of sulfonamides is 1. The molecule has 2 aromatic rings. The highest BCUT2D eigenvalue weighted by molar-refractivity contribution is 7.89. The fourth-order valence-electron chi connectivity index (χ4n) is 3.68. The van der Waals surface area contributed by atoms with Crippen molar-refractivity contribution in [2.75, 3.05) is 37.4 Å². The second-order valence-electron chi connectivity index (χ2n) is 7.84. The maximum absolute atomic E-state index is 13.1. The first kappa shape index (κ1) is 24.5. The van der Waals surface area contributed by atoms with Crippen molar-refractivity contribution in [1.29, 1.82) is 0 Å². The molecule has 1 heterocycles. The molecule has 3 rings (SSSR count). The Morgan fingerprint density at radius 1 is 1.12 bits per heavy atom. The van der Waals surface area contributed by atoms with Crippen molar-refractivity contribution < 1.29 is 22.9 Å². The lowest BCUT2D eigenvalue weighted by atomic mass is 10.2. The Labute approximate surface area is 193 Å². The minimum absolute atomic E-state index is 0.0890. The Balaban J connectivity index is 1.73. The van der Waals surface area contributed by atoms with Crippen LogP contribution < -0.4 is 15.4 Å². The maximum atomic E-state index is 13.1. The highest BCUT2D eigenvalue weighted by atomic mass is 32.2. The highest BCUT2D eigenvalue weighted by Crippen LogP contribution is 2.30. The van der Waals surface area contributed by atoms with Crippen LogP contribution in [-0.4, -0.2) is 50.3 Å². The van der Waals surface area contributed by atoms with Crippen molar-refractivity contribution >= 4 is 33.0 Å². The maximum Gasteiger partial charge on any atom is 0.274 e. The lowest BCUT2D eigenvalue weighted by Gasteiger charge is -2.21. The van der Waals surface area contributed by atoms with Crippen LogP contribution in [0.1, 0.15) is 31.2 Å². The Hall–Kier alpha value is -3.18. The summed E-state index contributed by atoms with van der Waals surface area (Å²) in [5.41, 5.74) is 1.05. The molecule has 0 aromatic heterocycles. The first-order chi connectivity index (χ1) is 15.7. The molecule has 1 aliphatic heterocycles. The number of carbonyl (C=O) groups is 1. The average molecular weight is 477 g/mol. The lowest BCUT2D eigenvalue weighted by Crippen LogP contribution is -2.32. The van der Waals surface area contributed by atoms with Gasteiger partial charge in [-0.3, -0.25) is 14.9 Å². The van der Waals surface area contributed by atoms with E-state index >= 15 is 0 Å². The van der Waals surface area contributed by atoms with E-state index in [1.54, 1.807) is 25.1 Å². The monoisotopic (exact) mass is 476 g/mol. The number of ether oxygens (including phenoxy) is 1. The first-order valence-electron chi connectivity index (χ1n) is 10.7. The molecule has 33 heavy (non-hydrogen) atoms. The van der Waals surface area contributed by atoms with Crippen LogP contribution in [0.3, 0.4) is 0 Å². The van der Waals surface area contributed by atoms with Crippen molar-refractivity contribution in [3.05, 3.63) is 52.1 Å². The van der Waals surface area contributed by atoms with Crippen LogP contribution in [0.5, 0.6) is 5.75 Å². The topological polar surface area (TPSA) is 131 Å². The Morgan fingerprint density at radius 3 is 2.45 bits per heavy atom. The van der Waals surface area contributed by atoms with E-state index in [-0.39, 0.29) is 17.1 Å². The van der Waals surface area contributed by atoms with Gasteiger partial charge in [0, 0.05) is 30.4 Å². The molecule has 1 fully saturated rings. The van der Waals surface area contributed by atoms with E-state index in [4.69, 9.17) is 4.74 Å². The second-order valence-corrected chi connectivity index (χ2v) is 9.78. The molecule has 0 atom stereocenters. The van der Waals surface area contributed by atoms with Crippen molar-refractivity contribution in [3.63, 3.8) is 0 Å². The van der Waals surface area contributed by atoms with Crippen molar-refractivity contribution in [1.82, 2.24) is 4.31 Å². The lowest BCUT2D eigenvalue weighted by molar-refractivity contribution is -0.385. The molecule has 0 unspecified atom stereocenters. The van der Waals surface area contributed by atoms with Gasteiger partial charge in [-0.25, -0.2) is 8.42 Å². The fraction of sp³-hybridized carbons (Fsp3) is 0.409. The van der Waals surface area contributed by atoms with Gasteiger partial charge in [0.05, 0.1) is 29.2 Å². The van der Waals surface area contributed by atoms with Crippen LogP contribution in [0.25, 0.3) is 0 Å². The van der Waals surface area contributed by atoms with Gasteiger partial charge in [0.1, 0.15) is 5.75 Å². The summed E-state index contributed by atoms with van der Waals surface area (Å²) in [6.07, 6.45) is 3.69. The number of aryl methyl sites for hydroxylation is 1. The molecule has 0 aliphatic carbocycles. The summed E-state index contributed by atoms with van der Waals surface area (Å²) >= 11 is 0. The number of hydrogen-bond acceptors (Lipinski definition) is 7. The zero-order valence-corrected chi connectivity index (χ0v) is 19.5. The summed E-state index contributed by atoms with van der Waals surface area (Å²) in [6.45, 7) is 2.40. The molecule has 0 saturated carbocycles. The zero-order chi connectivity index (χ0) is 24.0. The third-order valence-corrected chi connectivity index (χ3v) is 7.40. The molecule has 1 amide bonds. The summed E-state index contributed by atoms with van der Waals surface area (Å²) in [4.78, 5) is 23.1. The highest BCUT2D eigenvalue weighted by Gasteiger charge is 2.26. The molecule has 1 aliphatic rings. The summed E-state index contributed by atoms with van der Waals surface area (Å²) < 4.78 is 33.0. The number of amides is 1. The molecular formula is C22H28N4O6S. The van der Waals surface area contributed by atoms with E-state index in [1.807, 2.05) is 0 Å². The normalized spacial score (nSPS) is 14.8. The van der Waals surface area contributed by atoms with Gasteiger partial charge in [-0.1, -0.05) is 18.9 Å². The van der Waals surface area contributed by atoms with Crippen LogP contribution in [-0.2, 0) is 14.8 Å². The standard InChI is InChI=1S/C22H28N4O6S/c1-16-7-8-17(13-20(16)26(28)29)24-22(27)15-23-19-14-18(9-10-21(19)32-2)33(30,31)25-11-5-3-4-6-12-25/h7-10,13-14,23H,3-6,11-12,15H2,1-2H3,(H,24,27). The molecule has 11 heteroatoms. The van der Waals surface area contributed by atoms with Crippen LogP contribution in [0.15, 0.2) is 41.3 Å². The molecule has 10 nitrogen and oxygen atoms in total. The number of nitrogens with zero attached hydrogens (tertiary/aromatic N) is 2. The van der Waals surface area contributed by atoms with Gasteiger partial charge in [-0.15, -0.1) is 0 Å². The van der Waals surface area contributed by atoms with Crippen LogP contribution in [0, 0.1) is 17.0 Å². The molecule has 0 spiro atoms. The van der Waals surface area contributed by atoms with Crippen molar-refractivity contribution in [3.8, 4) is 5.75 Å². The number of nitrogens with one attached hydrogen (secondary N) is 2. The Morgan fingerprint density at radius 2 is 1.82 bits per heavy atom. The number of methoxy groups -OCH3 is 1. The van der Waals surface area contributed by atoms with Gasteiger partial charge in [0.15, 0.2) is 0 Å². The van der Waals surface area contributed by atoms with E-state index in [9.17, 15) is 23.3 Å². The molecule has 178 valence electrons. The Kier molecular flexibility index (Phi) is 7.88. The van der Waals surface area contributed by atoms with E-state index in [0.717, 1.165) is 25.7 Å². The van der Waals surface area contributed by atoms with Crippen LogP contribution in [0.4, 0.5) is 17.1 Å². The van der Waals surface area contributed by atoms with Gasteiger partial charge in [-0.05, 0) is 44.0 Å². The zero-order valence-electron chi connectivity index (χ0n) is 18.7. The summed E-state index contributed by atoms with van der Waals surface area (Å²) in [5.74, 6) is -0.0560. The van der Waals surface area contributed by atoms with Crippen LogP contribution >= 0.6 is 0 Å². The summed E-state index contributed by atoms with van der Waals surface area (Å²) in [5, 5.41) is 16.6. The van der Waals surface area contributed by atoms with Gasteiger partial charge >= 0.3 is 0 Å². The van der Waals surface area contributed by atoms with Crippen molar-refractivity contribution in [2.24, 2.45) is 0 Å². The SMILES string of the molecule is COc1ccc(S(=O)(=O)N2CCCCCC2)cc1NCC(=O)Nc1ccc(C)c([N+](=O)[O-])c1. The Bertz CT molecular complexity index is 1130. The van der Waals surface area contributed by atoms with Crippen LogP contribution in [0.2, 0.25) is 0 Å². The molecule has 0 bridgehead atoms. The van der Waals surface area contributed by atoms with Gasteiger partial charge < -0.3 is 15.4 Å². The third kappa shape index (κ3) is 5.99. The largest absolute Gasteiger partial charge is 0.495 e. The quantitative estimate of drug-likeness (QED) is 0.440. The summed E-state index contributed by atoms with van der Waals surface area (Å²) in [6, 6.07) is 8.94. The first-order valence-corrected chi connectivity index (χ1v) is 12.1. The smallest absolute Gasteiger partial charge is 0.274 e. The number of benzene rings is 2. The number of hydrogen-bond donors (Lipinski definition) is 2. The predicted octanol–water partition coefficient (Wildman–Crippen LogP) is 3.53. The minimum atomic E-state index is -3.66. The van der Waals surface area contributed by atoms with E-state index < -0.39 is 20.9 Å². The molecule has 0 radical (unpaired) electrons. The number of carbonyl (C=O) groups excluding carboxylic acids is 1. The fourth-order valence-corrected chi connectivity index (χ4v) is 5.23. The van der Waals surface area contributed by atoms with Gasteiger partial charge in [-0.2, -0.15) is 4.31 Å². The van der Waals surface area contributed by atoms with Crippen molar-refractivity contribution in [2.45, 2.75) is 37.5 Å². The van der Waals surface area contributed by atoms with Gasteiger partial charge in [0.2, 0.25) is 15.9 Å². The van der Waals surface area contributed by atoms with E-state index in [0.29, 0.717) is 35.8 Å².